The Morgan fingerprint density at radius 2 is 2.38 bits per heavy atom. The highest BCUT2D eigenvalue weighted by Gasteiger charge is 2.13. The highest BCUT2D eigenvalue weighted by molar-refractivity contribution is 5.32. The van der Waals surface area contributed by atoms with E-state index in [2.05, 4.69) is 20.6 Å². The molecule has 0 spiro atoms. The van der Waals surface area contributed by atoms with Crippen molar-refractivity contribution >= 4 is 5.82 Å². The zero-order valence-corrected chi connectivity index (χ0v) is 7.75. The van der Waals surface area contributed by atoms with Crippen molar-refractivity contribution in [3.05, 3.63) is 18.1 Å². The number of rotatable bonds is 2. The highest BCUT2D eigenvalue weighted by atomic mass is 15.1. The zero-order chi connectivity index (χ0) is 9.10. The van der Waals surface area contributed by atoms with Crippen LogP contribution in [-0.4, -0.2) is 29.1 Å². The minimum absolute atomic E-state index is 0.511. The van der Waals surface area contributed by atoms with Crippen molar-refractivity contribution in [3.8, 4) is 0 Å². The lowest BCUT2D eigenvalue weighted by atomic mass is 10.3. The first-order valence-corrected chi connectivity index (χ1v) is 4.60. The van der Waals surface area contributed by atoms with E-state index in [9.17, 15) is 0 Å². The summed E-state index contributed by atoms with van der Waals surface area (Å²) in [6.07, 6.45) is 4.73. The lowest BCUT2D eigenvalue weighted by molar-refractivity contribution is 0.786. The van der Waals surface area contributed by atoms with E-state index in [1.807, 2.05) is 6.92 Å². The average Bonchev–Trinajstić information content (AvgIpc) is 2.62. The third kappa shape index (κ3) is 2.15. The normalized spacial score (nSPS) is 21.8. The maximum absolute atomic E-state index is 4.24. The van der Waals surface area contributed by atoms with Crippen LogP contribution < -0.4 is 10.6 Å². The number of aryl methyl sites for hydroxylation is 1. The van der Waals surface area contributed by atoms with Crippen molar-refractivity contribution in [2.45, 2.75) is 19.4 Å². The molecule has 4 nitrogen and oxygen atoms in total. The summed E-state index contributed by atoms with van der Waals surface area (Å²) in [6, 6.07) is 0.511. The van der Waals surface area contributed by atoms with Crippen molar-refractivity contribution in [1.29, 1.82) is 0 Å². The third-order valence-electron chi connectivity index (χ3n) is 2.19. The molecule has 4 heteroatoms. The van der Waals surface area contributed by atoms with E-state index in [1.165, 1.54) is 0 Å². The highest BCUT2D eigenvalue weighted by Crippen LogP contribution is 2.06. The van der Waals surface area contributed by atoms with Gasteiger partial charge in [0.05, 0.1) is 18.1 Å². The predicted molar refractivity (Wildman–Crippen MR) is 51.7 cm³/mol. The van der Waals surface area contributed by atoms with Gasteiger partial charge in [-0.25, -0.2) is 4.98 Å². The van der Waals surface area contributed by atoms with Crippen LogP contribution >= 0.6 is 0 Å². The molecule has 0 unspecified atom stereocenters. The molecular weight excluding hydrogens is 164 g/mol. The van der Waals surface area contributed by atoms with Gasteiger partial charge in [-0.1, -0.05) is 0 Å². The summed E-state index contributed by atoms with van der Waals surface area (Å²) in [5, 5.41) is 6.63. The van der Waals surface area contributed by atoms with Crippen LogP contribution in [0.25, 0.3) is 0 Å². The van der Waals surface area contributed by atoms with E-state index in [0.29, 0.717) is 6.04 Å². The van der Waals surface area contributed by atoms with Crippen molar-refractivity contribution < 1.29 is 0 Å². The quantitative estimate of drug-likeness (QED) is 0.694. The van der Waals surface area contributed by atoms with Crippen LogP contribution in [-0.2, 0) is 0 Å². The Balaban J connectivity index is 1.97. The van der Waals surface area contributed by atoms with E-state index in [0.717, 1.165) is 31.0 Å². The monoisotopic (exact) mass is 178 g/mol. The second-order valence-electron chi connectivity index (χ2n) is 3.38. The van der Waals surface area contributed by atoms with Crippen molar-refractivity contribution in [2.24, 2.45) is 0 Å². The van der Waals surface area contributed by atoms with Crippen LogP contribution in [0.3, 0.4) is 0 Å². The van der Waals surface area contributed by atoms with Gasteiger partial charge in [0, 0.05) is 12.6 Å². The van der Waals surface area contributed by atoms with Crippen LogP contribution in [0.5, 0.6) is 0 Å². The van der Waals surface area contributed by atoms with E-state index in [-0.39, 0.29) is 0 Å². The van der Waals surface area contributed by atoms with E-state index >= 15 is 0 Å². The van der Waals surface area contributed by atoms with E-state index in [4.69, 9.17) is 0 Å². The maximum Gasteiger partial charge on any atom is 0.144 e. The van der Waals surface area contributed by atoms with Gasteiger partial charge < -0.3 is 10.6 Å². The molecule has 0 amide bonds. The zero-order valence-electron chi connectivity index (χ0n) is 7.75. The lowest BCUT2D eigenvalue weighted by Gasteiger charge is -2.10. The van der Waals surface area contributed by atoms with Crippen molar-refractivity contribution in [2.75, 3.05) is 18.4 Å². The average molecular weight is 178 g/mol. The van der Waals surface area contributed by atoms with Gasteiger partial charge in [0.1, 0.15) is 5.82 Å². The summed E-state index contributed by atoms with van der Waals surface area (Å²) in [5.74, 6) is 0.874. The molecule has 0 bridgehead atoms. The molecule has 1 aromatic heterocycles. The van der Waals surface area contributed by atoms with Crippen LogP contribution in [0.1, 0.15) is 12.1 Å². The third-order valence-corrected chi connectivity index (χ3v) is 2.19. The number of nitrogens with one attached hydrogen (secondary N) is 2. The summed E-state index contributed by atoms with van der Waals surface area (Å²) in [4.78, 5) is 8.42. The molecule has 1 aromatic rings. The molecule has 0 radical (unpaired) electrons. The first-order valence-electron chi connectivity index (χ1n) is 4.60. The first-order chi connectivity index (χ1) is 6.34. The van der Waals surface area contributed by atoms with Gasteiger partial charge in [-0.05, 0) is 19.9 Å². The summed E-state index contributed by atoms with van der Waals surface area (Å²) in [5.41, 5.74) is 0.954. The summed E-state index contributed by atoms with van der Waals surface area (Å²) >= 11 is 0. The fourth-order valence-corrected chi connectivity index (χ4v) is 1.45. The largest absolute Gasteiger partial charge is 0.365 e. The Bertz CT molecular complexity index is 263. The number of nitrogens with zero attached hydrogens (tertiary/aromatic N) is 2. The Kier molecular flexibility index (Phi) is 2.40. The summed E-state index contributed by atoms with van der Waals surface area (Å²) in [7, 11) is 0. The Hall–Kier alpha value is -1.16. The van der Waals surface area contributed by atoms with E-state index in [1.54, 1.807) is 12.4 Å². The molecule has 1 saturated heterocycles. The molecule has 0 saturated carbocycles. The topological polar surface area (TPSA) is 49.8 Å². The molecule has 13 heavy (non-hydrogen) atoms. The van der Waals surface area contributed by atoms with Crippen LogP contribution in [0.2, 0.25) is 0 Å². The van der Waals surface area contributed by atoms with Gasteiger partial charge in [-0.2, -0.15) is 0 Å². The first kappa shape index (κ1) is 8.44. The second kappa shape index (κ2) is 3.70. The number of anilines is 1. The molecule has 70 valence electrons. The standard InChI is InChI=1S/C9H14N4/c1-7-4-12-9(6-11-7)13-8-2-3-10-5-8/h4,6,8,10H,2-3,5H2,1H3,(H,12,13)/t8-/m1/s1. The molecule has 1 aliphatic rings. The van der Waals surface area contributed by atoms with Crippen LogP contribution in [0, 0.1) is 6.92 Å². The van der Waals surface area contributed by atoms with Gasteiger partial charge in [-0.15, -0.1) is 0 Å². The summed E-state index contributed by atoms with van der Waals surface area (Å²) < 4.78 is 0. The Labute approximate surface area is 77.8 Å². The fraction of sp³-hybridized carbons (Fsp3) is 0.556. The molecule has 0 aromatic carbocycles. The minimum Gasteiger partial charge on any atom is -0.365 e. The van der Waals surface area contributed by atoms with E-state index < -0.39 is 0 Å². The molecule has 1 aliphatic heterocycles. The number of hydrogen-bond donors (Lipinski definition) is 2. The summed E-state index contributed by atoms with van der Waals surface area (Å²) in [6.45, 7) is 4.06. The van der Waals surface area contributed by atoms with Gasteiger partial charge in [-0.3, -0.25) is 4.98 Å². The van der Waals surface area contributed by atoms with Crippen molar-refractivity contribution in [3.63, 3.8) is 0 Å². The van der Waals surface area contributed by atoms with Crippen LogP contribution in [0.4, 0.5) is 5.82 Å². The number of aromatic nitrogens is 2. The molecule has 2 N–H and O–H groups in total. The maximum atomic E-state index is 4.24. The van der Waals surface area contributed by atoms with Gasteiger partial charge in [0.25, 0.3) is 0 Å². The van der Waals surface area contributed by atoms with Gasteiger partial charge in [0.2, 0.25) is 0 Å². The molecule has 2 heterocycles. The second-order valence-corrected chi connectivity index (χ2v) is 3.38. The smallest absolute Gasteiger partial charge is 0.144 e. The predicted octanol–water partition coefficient (Wildman–Crippen LogP) is 0.559. The number of hydrogen-bond acceptors (Lipinski definition) is 4. The Morgan fingerprint density at radius 3 is 3.00 bits per heavy atom. The molecule has 1 atom stereocenters. The van der Waals surface area contributed by atoms with Crippen molar-refractivity contribution in [1.82, 2.24) is 15.3 Å². The molecule has 2 rings (SSSR count). The van der Waals surface area contributed by atoms with Gasteiger partial charge in [0.15, 0.2) is 0 Å². The Morgan fingerprint density at radius 1 is 1.46 bits per heavy atom. The lowest BCUT2D eigenvalue weighted by Crippen LogP contribution is -2.22. The molecular formula is C9H14N4. The minimum atomic E-state index is 0.511. The van der Waals surface area contributed by atoms with Crippen LogP contribution in [0.15, 0.2) is 12.4 Å². The SMILES string of the molecule is Cc1cnc(N[C@@H]2CCNC2)cn1. The fourth-order valence-electron chi connectivity index (χ4n) is 1.45. The molecule has 1 fully saturated rings. The van der Waals surface area contributed by atoms with Gasteiger partial charge >= 0.3 is 0 Å². The molecule has 0 aliphatic carbocycles.